The molecule has 0 spiro atoms. The molecule has 2 unspecified atom stereocenters. The fourth-order valence-corrected chi connectivity index (χ4v) is 6.66. The number of esters is 1. The van der Waals surface area contributed by atoms with Gasteiger partial charge in [0.1, 0.15) is 23.1 Å². The number of carboxylic acids is 1. The monoisotopic (exact) mass is 661 g/mol. The van der Waals surface area contributed by atoms with Crippen LogP contribution in [0.2, 0.25) is 0 Å². The van der Waals surface area contributed by atoms with E-state index in [1.807, 2.05) is 71.0 Å². The second kappa shape index (κ2) is 14.1. The van der Waals surface area contributed by atoms with Gasteiger partial charge in [-0.25, -0.2) is 14.6 Å². The number of ether oxygens (including phenoxy) is 1. The van der Waals surface area contributed by atoms with Crippen LogP contribution in [-0.4, -0.2) is 66.3 Å². The number of benzene rings is 2. The Hall–Kier alpha value is -4.18. The van der Waals surface area contributed by atoms with E-state index >= 15 is 0 Å². The molecule has 4 rings (SSSR count). The van der Waals surface area contributed by atoms with Gasteiger partial charge in [-0.05, 0) is 68.2 Å². The summed E-state index contributed by atoms with van der Waals surface area (Å²) in [5, 5.41) is 25.4. The molecule has 0 aromatic heterocycles. The maximum atomic E-state index is 13.4. The first kappa shape index (κ1) is 36.7. The average molecular weight is 662 g/mol. The van der Waals surface area contributed by atoms with E-state index in [0.29, 0.717) is 36.8 Å². The fraction of sp³-hybridized carbons (Fsp3) is 0.526. The van der Waals surface area contributed by atoms with Gasteiger partial charge in [0.25, 0.3) is 0 Å². The number of hydrogen-bond acceptors (Lipinski definition) is 8. The number of imide groups is 1. The van der Waals surface area contributed by atoms with Crippen LogP contribution in [0.25, 0.3) is 11.1 Å². The van der Waals surface area contributed by atoms with Crippen LogP contribution in [0, 0.1) is 5.41 Å². The van der Waals surface area contributed by atoms with Crippen LogP contribution in [0.4, 0.5) is 0 Å². The fourth-order valence-electron chi connectivity index (χ4n) is 6.66. The Morgan fingerprint density at radius 2 is 1.50 bits per heavy atom. The maximum absolute atomic E-state index is 13.4. The van der Waals surface area contributed by atoms with Crippen LogP contribution in [0.3, 0.4) is 0 Å². The van der Waals surface area contributed by atoms with E-state index in [9.17, 15) is 29.4 Å². The van der Waals surface area contributed by atoms with E-state index in [-0.39, 0.29) is 30.8 Å². The van der Waals surface area contributed by atoms with Gasteiger partial charge in [-0.2, -0.15) is 5.01 Å². The summed E-state index contributed by atoms with van der Waals surface area (Å²) in [7, 11) is 0. The van der Waals surface area contributed by atoms with Crippen LogP contribution < -0.4 is 0 Å². The molecule has 1 saturated heterocycles. The molecule has 2 aromatic carbocycles. The van der Waals surface area contributed by atoms with E-state index in [2.05, 4.69) is 0 Å². The number of amides is 2. The number of hydrazine groups is 1. The Kier molecular flexibility index (Phi) is 10.8. The molecule has 10 heteroatoms. The molecule has 0 saturated carbocycles. The molecule has 2 aliphatic rings. The van der Waals surface area contributed by atoms with Crippen molar-refractivity contribution in [1.82, 2.24) is 14.9 Å². The Balaban J connectivity index is 1.87. The van der Waals surface area contributed by atoms with Gasteiger partial charge in [-0.3, -0.25) is 9.59 Å². The zero-order valence-electron chi connectivity index (χ0n) is 29.6. The second-order valence-corrected chi connectivity index (χ2v) is 14.9. The van der Waals surface area contributed by atoms with Gasteiger partial charge in [-0.15, -0.1) is 0 Å². The van der Waals surface area contributed by atoms with E-state index < -0.39 is 46.5 Å². The number of aliphatic hydroxyl groups is 1. The summed E-state index contributed by atoms with van der Waals surface area (Å²) < 4.78 is 5.65. The van der Waals surface area contributed by atoms with E-state index in [4.69, 9.17) is 4.74 Å². The molecule has 2 aliphatic heterocycles. The van der Waals surface area contributed by atoms with Crippen molar-refractivity contribution in [1.29, 1.82) is 0 Å². The molecule has 2 amide bonds. The number of carboxylic acid groups (broad SMARTS) is 1. The summed E-state index contributed by atoms with van der Waals surface area (Å²) in [6, 6.07) is 14.8. The molecule has 0 aliphatic carbocycles. The molecule has 2 atom stereocenters. The Morgan fingerprint density at radius 3 is 2.02 bits per heavy atom. The number of aliphatic hydroxyl groups excluding tert-OH is 1. The van der Waals surface area contributed by atoms with E-state index in [1.54, 1.807) is 42.8 Å². The summed E-state index contributed by atoms with van der Waals surface area (Å²) in [4.78, 5) is 54.9. The Morgan fingerprint density at radius 1 is 0.896 bits per heavy atom. The van der Waals surface area contributed by atoms with Gasteiger partial charge >= 0.3 is 11.9 Å². The van der Waals surface area contributed by atoms with Gasteiger partial charge in [0.05, 0.1) is 11.3 Å². The normalized spacial score (nSPS) is 19.4. The number of aliphatic carboxylic acids is 1. The van der Waals surface area contributed by atoms with Gasteiger partial charge < -0.3 is 19.8 Å². The molecule has 260 valence electrons. The van der Waals surface area contributed by atoms with Crippen molar-refractivity contribution in [3.8, 4) is 11.1 Å². The van der Waals surface area contributed by atoms with Gasteiger partial charge in [-0.1, -0.05) is 89.9 Å². The van der Waals surface area contributed by atoms with E-state index in [1.165, 1.54) is 0 Å². The minimum Gasteiger partial charge on any atom is -0.477 e. The number of nitrogens with zero attached hydrogens (tertiary/aromatic N) is 3. The number of carbonyl (C=O) groups excluding carboxylic acids is 3. The van der Waals surface area contributed by atoms with Crippen molar-refractivity contribution in [3.63, 3.8) is 0 Å². The summed E-state index contributed by atoms with van der Waals surface area (Å²) in [6.45, 7) is 15.1. The summed E-state index contributed by atoms with van der Waals surface area (Å²) >= 11 is 0. The molecule has 2 aromatic rings. The molecular formula is C38H51N3O7. The van der Waals surface area contributed by atoms with Crippen molar-refractivity contribution < 1.29 is 34.1 Å². The van der Waals surface area contributed by atoms with Crippen molar-refractivity contribution in [2.45, 2.75) is 124 Å². The van der Waals surface area contributed by atoms with Crippen molar-refractivity contribution in [2.75, 3.05) is 0 Å². The minimum atomic E-state index is -1.29. The highest BCUT2D eigenvalue weighted by atomic mass is 16.6. The number of rotatable bonds is 12. The first-order valence-corrected chi connectivity index (χ1v) is 17.0. The topological polar surface area (TPSA) is 128 Å². The molecule has 48 heavy (non-hydrogen) atoms. The van der Waals surface area contributed by atoms with Crippen LogP contribution >= 0.6 is 0 Å². The highest BCUT2D eigenvalue weighted by Crippen LogP contribution is 2.50. The number of unbranched alkanes of at least 4 members (excludes halogenated alkanes) is 1. The lowest BCUT2D eigenvalue weighted by Crippen LogP contribution is -2.62. The van der Waals surface area contributed by atoms with Crippen LogP contribution in [-0.2, 0) is 25.7 Å². The zero-order chi connectivity index (χ0) is 35.6. The summed E-state index contributed by atoms with van der Waals surface area (Å²) in [6.07, 6.45) is 1.82. The van der Waals surface area contributed by atoms with Gasteiger partial charge in [0.2, 0.25) is 11.8 Å². The smallest absolute Gasteiger partial charge is 0.354 e. The predicted molar refractivity (Wildman–Crippen MR) is 183 cm³/mol. The maximum Gasteiger partial charge on any atom is 0.354 e. The van der Waals surface area contributed by atoms with Gasteiger partial charge in [0.15, 0.2) is 0 Å². The lowest BCUT2D eigenvalue weighted by atomic mass is 9.86. The highest BCUT2D eigenvalue weighted by Gasteiger charge is 2.59. The first-order valence-electron chi connectivity index (χ1n) is 17.0. The third-order valence-corrected chi connectivity index (χ3v) is 8.88. The zero-order valence-corrected chi connectivity index (χ0v) is 29.6. The van der Waals surface area contributed by atoms with Crippen molar-refractivity contribution in [2.24, 2.45) is 5.41 Å². The molecule has 0 bridgehead atoms. The molecular weight excluding hydrogens is 610 g/mol. The molecule has 1 fully saturated rings. The average Bonchev–Trinajstić information content (AvgIpc) is 3.47. The predicted octanol–water partition coefficient (Wildman–Crippen LogP) is 6.88. The quantitative estimate of drug-likeness (QED) is 0.185. The largest absolute Gasteiger partial charge is 0.477 e. The summed E-state index contributed by atoms with van der Waals surface area (Å²) in [5.41, 5.74) is 0.115. The van der Waals surface area contributed by atoms with Crippen LogP contribution in [0.15, 0.2) is 59.9 Å². The molecule has 2 N–H and O–H groups in total. The van der Waals surface area contributed by atoms with E-state index in [0.717, 1.165) is 22.6 Å². The van der Waals surface area contributed by atoms with Crippen molar-refractivity contribution in [3.05, 3.63) is 71.1 Å². The highest BCUT2D eigenvalue weighted by molar-refractivity contribution is 6.02. The van der Waals surface area contributed by atoms with Gasteiger partial charge in [0, 0.05) is 19.4 Å². The van der Waals surface area contributed by atoms with Crippen molar-refractivity contribution >= 4 is 23.8 Å². The summed E-state index contributed by atoms with van der Waals surface area (Å²) in [5.74, 6) is -2.48. The molecule has 0 radical (unpaired) electrons. The second-order valence-electron chi connectivity index (χ2n) is 14.9. The lowest BCUT2D eigenvalue weighted by molar-refractivity contribution is -0.178. The SMILES string of the molecule is CCCCC1(CCC)N(Cc2ccc(-c3ccccc3C(=O)OC(C)(C)C)cc2)C(C(=O)O)=C(C(O)C(C)(C)C)N1N1C(=O)CCC1=O. The number of hydrogen-bond donors (Lipinski definition) is 2. The third-order valence-electron chi connectivity index (χ3n) is 8.88. The third kappa shape index (κ3) is 7.28. The first-order chi connectivity index (χ1) is 22.5. The van der Waals surface area contributed by atoms with Crippen LogP contribution in [0.5, 0.6) is 0 Å². The van der Waals surface area contributed by atoms with Crippen LogP contribution in [0.1, 0.15) is 116 Å². The lowest BCUT2D eigenvalue weighted by Gasteiger charge is -2.50. The molecule has 10 nitrogen and oxygen atoms in total. The standard InChI is InChI=1S/C38H51N3O7/c1-9-11-23-38(22-10-2)39(32(34(45)46)31(33(44)36(3,4)5)41(38)40-29(42)20-21-30(40)43)24-25-16-18-26(19-17-25)27-14-12-13-15-28(27)35(47)48-37(6,7)8/h12-19,33,44H,9-11,20-24H2,1-8H3,(H,45,46). The Labute approximate surface area is 284 Å². The minimum absolute atomic E-state index is 0.0266. The Bertz CT molecular complexity index is 1550. The number of carbonyl (C=O) groups is 4. The molecule has 2 heterocycles.